The number of rotatable bonds is 3. The van der Waals surface area contributed by atoms with E-state index in [1.54, 1.807) is 6.33 Å². The molecule has 0 N–H and O–H groups in total. The molecule has 0 atom stereocenters. The highest BCUT2D eigenvalue weighted by Gasteiger charge is 2.21. The van der Waals surface area contributed by atoms with Crippen LogP contribution < -0.4 is 14.7 Å². The Morgan fingerprint density at radius 2 is 1.38 bits per heavy atom. The summed E-state index contributed by atoms with van der Waals surface area (Å²) in [5.74, 6) is 2.89. The van der Waals surface area contributed by atoms with Crippen LogP contribution in [-0.2, 0) is 4.74 Å². The quantitative estimate of drug-likeness (QED) is 0.615. The third-order valence-electron chi connectivity index (χ3n) is 5.58. The summed E-state index contributed by atoms with van der Waals surface area (Å²) in [6.45, 7) is 6.75. The van der Waals surface area contributed by atoms with E-state index in [1.807, 2.05) is 18.2 Å². The lowest BCUT2D eigenvalue weighted by Gasteiger charge is -2.36. The zero-order valence-electron chi connectivity index (χ0n) is 16.2. The van der Waals surface area contributed by atoms with E-state index in [1.165, 1.54) is 0 Å². The summed E-state index contributed by atoms with van der Waals surface area (Å²) in [5, 5.41) is 2.68. The van der Waals surface area contributed by atoms with Crippen LogP contribution in [0, 0.1) is 0 Å². The number of ether oxygens (including phenoxy) is 1. The van der Waals surface area contributed by atoms with Crippen molar-refractivity contribution in [2.75, 3.05) is 67.2 Å². The van der Waals surface area contributed by atoms with Crippen LogP contribution in [0.1, 0.15) is 0 Å². The van der Waals surface area contributed by atoms with Crippen LogP contribution in [0.15, 0.2) is 42.7 Å². The standard InChI is InChI=1S/C21H23ClN6O/c22-21-17-4-2-1-3-16(17)13-20(25-21)27-7-5-26(6-8-27)18-14-19(24-15-23-18)28-9-11-29-12-10-28/h1-4,13-15H,5-12H2. The Bertz CT molecular complexity index is 1000. The van der Waals surface area contributed by atoms with Crippen molar-refractivity contribution in [3.63, 3.8) is 0 Å². The second-order valence-corrected chi connectivity index (χ2v) is 7.66. The highest BCUT2D eigenvalue weighted by atomic mass is 35.5. The zero-order chi connectivity index (χ0) is 19.6. The molecular weight excluding hydrogens is 388 g/mol. The van der Waals surface area contributed by atoms with E-state index in [2.05, 4.69) is 47.9 Å². The Morgan fingerprint density at radius 1 is 0.759 bits per heavy atom. The Labute approximate surface area is 174 Å². The summed E-state index contributed by atoms with van der Waals surface area (Å²) in [5.41, 5.74) is 0. The molecule has 1 aromatic carbocycles. The van der Waals surface area contributed by atoms with Gasteiger partial charge in [0.15, 0.2) is 0 Å². The fourth-order valence-corrected chi connectivity index (χ4v) is 4.20. The van der Waals surface area contributed by atoms with E-state index in [0.717, 1.165) is 80.7 Å². The van der Waals surface area contributed by atoms with Gasteiger partial charge in [0.1, 0.15) is 28.9 Å². The van der Waals surface area contributed by atoms with E-state index in [4.69, 9.17) is 16.3 Å². The average Bonchev–Trinajstić information content (AvgIpc) is 2.80. The van der Waals surface area contributed by atoms with Crippen molar-refractivity contribution in [1.29, 1.82) is 0 Å². The summed E-state index contributed by atoms with van der Waals surface area (Å²) in [6.07, 6.45) is 1.66. The van der Waals surface area contributed by atoms with Gasteiger partial charge in [-0.05, 0) is 11.5 Å². The van der Waals surface area contributed by atoms with E-state index in [-0.39, 0.29) is 0 Å². The largest absolute Gasteiger partial charge is 0.378 e. The number of piperazine rings is 1. The van der Waals surface area contributed by atoms with Crippen LogP contribution in [0.25, 0.3) is 10.8 Å². The first-order chi connectivity index (χ1) is 14.3. The molecule has 0 amide bonds. The lowest BCUT2D eigenvalue weighted by atomic mass is 10.1. The molecule has 5 rings (SSSR count). The highest BCUT2D eigenvalue weighted by Crippen LogP contribution is 2.27. The molecule has 2 aliphatic heterocycles. The number of halogens is 1. The van der Waals surface area contributed by atoms with Gasteiger partial charge in [0.2, 0.25) is 0 Å². The molecule has 2 saturated heterocycles. The first-order valence-electron chi connectivity index (χ1n) is 9.98. The van der Waals surface area contributed by atoms with Crippen LogP contribution >= 0.6 is 11.6 Å². The Morgan fingerprint density at radius 3 is 2.10 bits per heavy atom. The van der Waals surface area contributed by atoms with Crippen LogP contribution in [0.5, 0.6) is 0 Å². The van der Waals surface area contributed by atoms with Gasteiger partial charge in [0.05, 0.1) is 13.2 Å². The third-order valence-corrected chi connectivity index (χ3v) is 5.87. The molecule has 7 nitrogen and oxygen atoms in total. The number of hydrogen-bond acceptors (Lipinski definition) is 7. The van der Waals surface area contributed by atoms with Crippen molar-refractivity contribution >= 4 is 39.8 Å². The molecule has 29 heavy (non-hydrogen) atoms. The monoisotopic (exact) mass is 410 g/mol. The van der Waals surface area contributed by atoms with E-state index in [0.29, 0.717) is 5.15 Å². The van der Waals surface area contributed by atoms with Gasteiger partial charge in [-0.1, -0.05) is 35.9 Å². The topological polar surface area (TPSA) is 57.6 Å². The molecule has 150 valence electrons. The molecule has 0 bridgehead atoms. The molecule has 8 heteroatoms. The van der Waals surface area contributed by atoms with Crippen LogP contribution in [0.4, 0.5) is 17.5 Å². The Kier molecular flexibility index (Phi) is 5.08. The molecule has 2 aliphatic rings. The number of pyridine rings is 1. The first kappa shape index (κ1) is 18.4. The second-order valence-electron chi connectivity index (χ2n) is 7.30. The van der Waals surface area contributed by atoms with Crippen LogP contribution in [0.2, 0.25) is 5.15 Å². The molecule has 0 spiro atoms. The third kappa shape index (κ3) is 3.80. The van der Waals surface area contributed by atoms with Gasteiger partial charge in [-0.3, -0.25) is 0 Å². The average molecular weight is 411 g/mol. The summed E-state index contributed by atoms with van der Waals surface area (Å²) in [6, 6.07) is 12.3. The fourth-order valence-electron chi connectivity index (χ4n) is 3.95. The smallest absolute Gasteiger partial charge is 0.139 e. The minimum atomic E-state index is 0.562. The van der Waals surface area contributed by atoms with Gasteiger partial charge in [0, 0.05) is 50.7 Å². The molecule has 0 saturated carbocycles. The number of hydrogen-bond donors (Lipinski definition) is 0. The lowest BCUT2D eigenvalue weighted by molar-refractivity contribution is 0.122. The van der Waals surface area contributed by atoms with Gasteiger partial charge in [0.25, 0.3) is 0 Å². The predicted molar refractivity (Wildman–Crippen MR) is 116 cm³/mol. The normalized spacial score (nSPS) is 17.8. The van der Waals surface area contributed by atoms with Crippen molar-refractivity contribution in [3.8, 4) is 0 Å². The molecular formula is C21H23ClN6O. The number of fused-ring (bicyclic) bond motifs is 1. The first-order valence-corrected chi connectivity index (χ1v) is 10.4. The Balaban J connectivity index is 1.29. The molecule has 2 fully saturated rings. The number of benzene rings is 1. The molecule has 3 aromatic rings. The molecule has 0 aliphatic carbocycles. The predicted octanol–water partition coefficient (Wildman–Crippen LogP) is 2.84. The highest BCUT2D eigenvalue weighted by molar-refractivity contribution is 6.34. The van der Waals surface area contributed by atoms with E-state index in [9.17, 15) is 0 Å². The number of nitrogens with zero attached hydrogens (tertiary/aromatic N) is 6. The zero-order valence-corrected chi connectivity index (χ0v) is 16.9. The Hall–Kier alpha value is -2.64. The van der Waals surface area contributed by atoms with Gasteiger partial charge in [-0.25, -0.2) is 15.0 Å². The summed E-state index contributed by atoms with van der Waals surface area (Å²) in [7, 11) is 0. The molecule has 0 radical (unpaired) electrons. The summed E-state index contributed by atoms with van der Waals surface area (Å²) >= 11 is 6.42. The summed E-state index contributed by atoms with van der Waals surface area (Å²) < 4.78 is 5.44. The van der Waals surface area contributed by atoms with Crippen LogP contribution in [-0.4, -0.2) is 67.4 Å². The maximum Gasteiger partial charge on any atom is 0.139 e. The van der Waals surface area contributed by atoms with Crippen molar-refractivity contribution in [2.45, 2.75) is 0 Å². The van der Waals surface area contributed by atoms with Crippen molar-refractivity contribution in [3.05, 3.63) is 47.9 Å². The lowest BCUT2D eigenvalue weighted by Crippen LogP contribution is -2.47. The second kappa shape index (κ2) is 8.00. The maximum atomic E-state index is 6.42. The summed E-state index contributed by atoms with van der Waals surface area (Å²) in [4.78, 5) is 20.5. The number of morpholine rings is 1. The van der Waals surface area contributed by atoms with Gasteiger partial charge >= 0.3 is 0 Å². The molecule has 4 heterocycles. The number of aromatic nitrogens is 3. The van der Waals surface area contributed by atoms with Crippen molar-refractivity contribution in [1.82, 2.24) is 15.0 Å². The van der Waals surface area contributed by atoms with E-state index < -0.39 is 0 Å². The minimum Gasteiger partial charge on any atom is -0.378 e. The minimum absolute atomic E-state index is 0.562. The SMILES string of the molecule is Clc1nc(N2CCN(c3cc(N4CCOCC4)ncn3)CC2)cc2ccccc12. The van der Waals surface area contributed by atoms with Gasteiger partial charge in [-0.15, -0.1) is 0 Å². The fraction of sp³-hybridized carbons (Fsp3) is 0.381. The number of anilines is 3. The van der Waals surface area contributed by atoms with E-state index >= 15 is 0 Å². The van der Waals surface area contributed by atoms with Crippen molar-refractivity contribution < 1.29 is 4.74 Å². The van der Waals surface area contributed by atoms with Gasteiger partial charge in [-0.2, -0.15) is 0 Å². The molecule has 2 aromatic heterocycles. The van der Waals surface area contributed by atoms with Gasteiger partial charge < -0.3 is 19.4 Å². The molecule has 0 unspecified atom stereocenters. The van der Waals surface area contributed by atoms with Crippen molar-refractivity contribution in [2.24, 2.45) is 0 Å². The van der Waals surface area contributed by atoms with Crippen LogP contribution in [0.3, 0.4) is 0 Å². The maximum absolute atomic E-state index is 6.42.